The van der Waals surface area contributed by atoms with Gasteiger partial charge in [-0.1, -0.05) is 32.0 Å². The van der Waals surface area contributed by atoms with E-state index >= 15 is 0 Å². The van der Waals surface area contributed by atoms with Crippen LogP contribution in [0.15, 0.2) is 48.5 Å². The molecule has 0 aliphatic carbocycles. The highest BCUT2D eigenvalue weighted by atomic mass is 16.6. The smallest absolute Gasteiger partial charge is 0.269 e. The molecule has 0 amide bonds. The summed E-state index contributed by atoms with van der Waals surface area (Å²) in [4.78, 5) is 10.4. The van der Waals surface area contributed by atoms with Crippen LogP contribution in [0, 0.1) is 10.1 Å². The number of hydrogen-bond acceptors (Lipinski definition) is 4. The van der Waals surface area contributed by atoms with E-state index in [0.717, 1.165) is 24.1 Å². The lowest BCUT2D eigenvalue weighted by molar-refractivity contribution is -0.384. The van der Waals surface area contributed by atoms with Gasteiger partial charge in [-0.15, -0.1) is 0 Å². The molecule has 0 spiro atoms. The molecule has 5 nitrogen and oxygen atoms in total. The van der Waals surface area contributed by atoms with Gasteiger partial charge in [-0.3, -0.25) is 10.1 Å². The van der Waals surface area contributed by atoms with Crippen LogP contribution in [0.1, 0.15) is 44.0 Å². The lowest BCUT2D eigenvalue weighted by Crippen LogP contribution is -2.37. The van der Waals surface area contributed by atoms with Crippen LogP contribution >= 0.6 is 0 Å². The Morgan fingerprint density at radius 3 is 2.39 bits per heavy atom. The third kappa shape index (κ3) is 2.68. The molecule has 0 fully saturated rings. The lowest BCUT2D eigenvalue weighted by atomic mass is 9.85. The van der Waals surface area contributed by atoms with E-state index in [1.807, 2.05) is 12.1 Å². The molecule has 1 heterocycles. The van der Waals surface area contributed by atoms with Gasteiger partial charge in [0.15, 0.2) is 6.23 Å². The van der Waals surface area contributed by atoms with Crippen LogP contribution in [0.5, 0.6) is 0 Å². The number of ether oxygens (including phenoxy) is 1. The molecule has 1 aliphatic heterocycles. The number of nitrogens with one attached hydrogen (secondary N) is 1. The molecule has 1 atom stereocenters. The van der Waals surface area contributed by atoms with Crippen LogP contribution in [0.4, 0.5) is 11.4 Å². The molecule has 0 saturated carbocycles. The summed E-state index contributed by atoms with van der Waals surface area (Å²) in [7, 11) is 0. The molecular formula is C18H20N2O3. The van der Waals surface area contributed by atoms with Crippen LogP contribution in [0.25, 0.3) is 0 Å². The summed E-state index contributed by atoms with van der Waals surface area (Å²) in [5.41, 5.74) is 2.86. The highest BCUT2D eigenvalue weighted by Gasteiger charge is 2.39. The molecule has 0 radical (unpaired) electrons. The van der Waals surface area contributed by atoms with Crippen molar-refractivity contribution in [2.24, 2.45) is 0 Å². The van der Waals surface area contributed by atoms with Gasteiger partial charge >= 0.3 is 0 Å². The van der Waals surface area contributed by atoms with E-state index in [-0.39, 0.29) is 17.5 Å². The number of non-ortho nitro benzene ring substituents is 1. The first-order chi connectivity index (χ1) is 11.1. The third-order valence-electron chi connectivity index (χ3n) is 4.60. The minimum absolute atomic E-state index is 0.0854. The maximum Gasteiger partial charge on any atom is 0.269 e. The minimum atomic E-state index is -0.392. The second-order valence-electron chi connectivity index (χ2n) is 5.74. The number of fused-ring (bicyclic) bond motifs is 1. The molecule has 0 aromatic heterocycles. The Hall–Kier alpha value is -2.40. The van der Waals surface area contributed by atoms with E-state index in [1.165, 1.54) is 17.7 Å². The lowest BCUT2D eigenvalue weighted by Gasteiger charge is -2.43. The Morgan fingerprint density at radius 2 is 1.78 bits per heavy atom. The zero-order valence-corrected chi connectivity index (χ0v) is 13.3. The Kier molecular flexibility index (Phi) is 4.05. The second-order valence-corrected chi connectivity index (χ2v) is 5.74. The van der Waals surface area contributed by atoms with Crippen LogP contribution in [0.2, 0.25) is 0 Å². The monoisotopic (exact) mass is 312 g/mol. The number of benzene rings is 2. The average molecular weight is 312 g/mol. The topological polar surface area (TPSA) is 64.4 Å². The second kappa shape index (κ2) is 6.01. The third-order valence-corrected chi connectivity index (χ3v) is 4.60. The van der Waals surface area contributed by atoms with Gasteiger partial charge < -0.3 is 10.1 Å². The maximum absolute atomic E-state index is 10.8. The molecule has 23 heavy (non-hydrogen) atoms. The quantitative estimate of drug-likeness (QED) is 0.653. The van der Waals surface area contributed by atoms with Crippen molar-refractivity contribution in [1.29, 1.82) is 0 Å². The SMILES string of the molecule is CCC1(CC)OC(c2ccc([N+](=O)[O-])cc2)Nc2ccccc21. The highest BCUT2D eigenvalue weighted by Crippen LogP contribution is 2.45. The summed E-state index contributed by atoms with van der Waals surface area (Å²) in [5.74, 6) is 0. The van der Waals surface area contributed by atoms with Gasteiger partial charge in [0.1, 0.15) is 0 Å². The normalized spacial score (nSPS) is 18.8. The molecule has 120 valence electrons. The Bertz CT molecular complexity index is 708. The fourth-order valence-electron chi connectivity index (χ4n) is 3.19. The summed E-state index contributed by atoms with van der Waals surface area (Å²) in [6, 6.07) is 14.7. The number of para-hydroxylation sites is 1. The molecular weight excluding hydrogens is 292 g/mol. The standard InChI is InChI=1S/C18H20N2O3/c1-3-18(4-2)15-7-5-6-8-16(15)19-17(23-18)13-9-11-14(12-10-13)20(21)22/h5-12,17,19H,3-4H2,1-2H3. The summed E-state index contributed by atoms with van der Waals surface area (Å²) < 4.78 is 6.40. The molecule has 1 aliphatic rings. The molecule has 1 N–H and O–H groups in total. The fourth-order valence-corrected chi connectivity index (χ4v) is 3.19. The van der Waals surface area contributed by atoms with Crippen molar-refractivity contribution in [2.45, 2.75) is 38.5 Å². The number of nitro benzene ring substituents is 1. The Balaban J connectivity index is 1.98. The van der Waals surface area contributed by atoms with Crippen molar-refractivity contribution in [3.63, 3.8) is 0 Å². The number of rotatable bonds is 4. The number of nitrogens with zero attached hydrogens (tertiary/aromatic N) is 1. The van der Waals surface area contributed by atoms with Gasteiger partial charge in [-0.2, -0.15) is 0 Å². The highest BCUT2D eigenvalue weighted by molar-refractivity contribution is 5.57. The molecule has 1 unspecified atom stereocenters. The predicted octanol–water partition coefficient (Wildman–Crippen LogP) is 4.75. The van der Waals surface area contributed by atoms with Crippen LogP contribution in [-0.2, 0) is 10.3 Å². The van der Waals surface area contributed by atoms with E-state index in [9.17, 15) is 10.1 Å². The van der Waals surface area contributed by atoms with E-state index < -0.39 is 4.92 Å². The molecule has 0 bridgehead atoms. The largest absolute Gasteiger partial charge is 0.356 e. The number of nitro groups is 1. The number of hydrogen-bond donors (Lipinski definition) is 1. The number of anilines is 1. The predicted molar refractivity (Wildman–Crippen MR) is 89.2 cm³/mol. The first kappa shape index (κ1) is 15.5. The molecule has 3 rings (SSSR count). The Morgan fingerprint density at radius 1 is 1.13 bits per heavy atom. The average Bonchev–Trinajstić information content (AvgIpc) is 2.60. The molecule has 2 aromatic carbocycles. The molecule has 2 aromatic rings. The van der Waals surface area contributed by atoms with E-state index in [2.05, 4.69) is 31.3 Å². The van der Waals surface area contributed by atoms with Crippen molar-refractivity contribution in [1.82, 2.24) is 0 Å². The van der Waals surface area contributed by atoms with Gasteiger partial charge in [0.2, 0.25) is 0 Å². The summed E-state index contributed by atoms with van der Waals surface area (Å²) in [6.45, 7) is 4.25. The summed E-state index contributed by atoms with van der Waals surface area (Å²) in [6.07, 6.45) is 1.42. The minimum Gasteiger partial charge on any atom is -0.356 e. The molecule has 5 heteroatoms. The van der Waals surface area contributed by atoms with Crippen LogP contribution in [0.3, 0.4) is 0 Å². The first-order valence-electron chi connectivity index (χ1n) is 7.88. The van der Waals surface area contributed by atoms with Crippen molar-refractivity contribution in [2.75, 3.05) is 5.32 Å². The van der Waals surface area contributed by atoms with Crippen molar-refractivity contribution in [3.8, 4) is 0 Å². The van der Waals surface area contributed by atoms with Gasteiger partial charge in [-0.25, -0.2) is 0 Å². The maximum atomic E-state index is 10.8. The summed E-state index contributed by atoms with van der Waals surface area (Å²) >= 11 is 0. The zero-order chi connectivity index (χ0) is 16.4. The van der Waals surface area contributed by atoms with Crippen LogP contribution in [-0.4, -0.2) is 4.92 Å². The van der Waals surface area contributed by atoms with Gasteiger partial charge in [-0.05, 0) is 31.0 Å². The zero-order valence-electron chi connectivity index (χ0n) is 13.3. The fraction of sp³-hybridized carbons (Fsp3) is 0.333. The first-order valence-corrected chi connectivity index (χ1v) is 7.88. The van der Waals surface area contributed by atoms with Gasteiger partial charge in [0.05, 0.1) is 10.5 Å². The van der Waals surface area contributed by atoms with E-state index in [0.29, 0.717) is 0 Å². The van der Waals surface area contributed by atoms with Crippen molar-refractivity contribution < 1.29 is 9.66 Å². The van der Waals surface area contributed by atoms with Crippen LogP contribution < -0.4 is 5.32 Å². The summed E-state index contributed by atoms with van der Waals surface area (Å²) in [5, 5.41) is 14.2. The molecule has 0 saturated heterocycles. The van der Waals surface area contributed by atoms with Gasteiger partial charge in [0, 0.05) is 28.9 Å². The van der Waals surface area contributed by atoms with E-state index in [4.69, 9.17) is 4.74 Å². The van der Waals surface area contributed by atoms with Gasteiger partial charge in [0.25, 0.3) is 5.69 Å². The Labute approximate surface area is 135 Å². The van der Waals surface area contributed by atoms with E-state index in [1.54, 1.807) is 12.1 Å². The van der Waals surface area contributed by atoms with Crippen molar-refractivity contribution in [3.05, 3.63) is 69.8 Å². The van der Waals surface area contributed by atoms with Crippen molar-refractivity contribution >= 4 is 11.4 Å².